The van der Waals surface area contributed by atoms with E-state index in [1.54, 1.807) is 12.5 Å². The number of hydrogen-bond acceptors (Lipinski definition) is 4. The largest absolute Gasteiger partial charge is 0.469 e. The van der Waals surface area contributed by atoms with Crippen LogP contribution < -0.4 is 10.6 Å². The molecular weight excluding hydrogens is 306 g/mol. The maximum atomic E-state index is 5.66. The number of aliphatic imine (C=N–C) groups is 1. The molecule has 2 aromatic heterocycles. The molecule has 1 fully saturated rings. The van der Waals surface area contributed by atoms with Crippen LogP contribution >= 0.6 is 0 Å². The van der Waals surface area contributed by atoms with Crippen molar-refractivity contribution in [3.8, 4) is 0 Å². The molecule has 1 atom stereocenters. The van der Waals surface area contributed by atoms with Crippen molar-refractivity contribution >= 4 is 5.96 Å². The molecule has 0 spiro atoms. The van der Waals surface area contributed by atoms with Gasteiger partial charge in [-0.3, -0.25) is 4.68 Å². The minimum atomic E-state index is 0.277. The highest BCUT2D eigenvalue weighted by Crippen LogP contribution is 2.10. The lowest BCUT2D eigenvalue weighted by Crippen LogP contribution is -2.42. The minimum absolute atomic E-state index is 0.277. The molecule has 130 valence electrons. The summed E-state index contributed by atoms with van der Waals surface area (Å²) in [6, 6.07) is 5.86. The number of nitrogens with zero attached hydrogens (tertiary/aromatic N) is 3. The predicted molar refractivity (Wildman–Crippen MR) is 91.7 cm³/mol. The van der Waals surface area contributed by atoms with E-state index in [4.69, 9.17) is 9.15 Å². The maximum absolute atomic E-state index is 5.66. The van der Waals surface area contributed by atoms with Gasteiger partial charge in [-0.2, -0.15) is 5.10 Å². The van der Waals surface area contributed by atoms with Crippen molar-refractivity contribution in [3.63, 3.8) is 0 Å². The zero-order valence-electron chi connectivity index (χ0n) is 14.1. The SMILES string of the molecule is Cn1nccc1CN=C(NCCc1ccco1)NCC1CCCO1. The Kier molecular flexibility index (Phi) is 5.90. The first-order valence-corrected chi connectivity index (χ1v) is 8.44. The molecule has 1 saturated heterocycles. The topological polar surface area (TPSA) is 76.6 Å². The molecule has 2 aromatic rings. The number of nitrogens with one attached hydrogen (secondary N) is 2. The van der Waals surface area contributed by atoms with Crippen LogP contribution in [0, 0.1) is 0 Å². The first-order chi connectivity index (χ1) is 11.8. The van der Waals surface area contributed by atoms with Crippen LogP contribution in [0.2, 0.25) is 0 Å². The highest BCUT2D eigenvalue weighted by molar-refractivity contribution is 5.79. The molecule has 7 heteroatoms. The van der Waals surface area contributed by atoms with Crippen LogP contribution in [-0.4, -0.2) is 41.5 Å². The van der Waals surface area contributed by atoms with E-state index in [1.165, 1.54) is 0 Å². The lowest BCUT2D eigenvalue weighted by molar-refractivity contribution is 0.114. The minimum Gasteiger partial charge on any atom is -0.469 e. The summed E-state index contributed by atoms with van der Waals surface area (Å²) in [7, 11) is 1.93. The average Bonchev–Trinajstić information content (AvgIpc) is 3.33. The number of hydrogen-bond donors (Lipinski definition) is 2. The summed E-state index contributed by atoms with van der Waals surface area (Å²) < 4.78 is 12.9. The second-order valence-electron chi connectivity index (χ2n) is 5.88. The van der Waals surface area contributed by atoms with Crippen molar-refractivity contribution in [1.29, 1.82) is 0 Å². The molecule has 0 bridgehead atoms. The van der Waals surface area contributed by atoms with E-state index in [-0.39, 0.29) is 6.10 Å². The molecule has 1 aliphatic rings. The molecule has 3 rings (SSSR count). The fraction of sp³-hybridized carbons (Fsp3) is 0.529. The Morgan fingerprint density at radius 1 is 1.42 bits per heavy atom. The second-order valence-corrected chi connectivity index (χ2v) is 5.88. The number of aryl methyl sites for hydroxylation is 1. The van der Waals surface area contributed by atoms with E-state index in [1.807, 2.05) is 29.9 Å². The van der Waals surface area contributed by atoms with Crippen molar-refractivity contribution < 1.29 is 9.15 Å². The normalized spacial score (nSPS) is 18.0. The molecule has 2 N–H and O–H groups in total. The van der Waals surface area contributed by atoms with Crippen molar-refractivity contribution in [3.05, 3.63) is 42.1 Å². The number of ether oxygens (including phenoxy) is 1. The first-order valence-electron chi connectivity index (χ1n) is 8.44. The number of guanidine groups is 1. The fourth-order valence-corrected chi connectivity index (χ4v) is 2.67. The molecule has 0 saturated carbocycles. The summed E-state index contributed by atoms with van der Waals surface area (Å²) in [5.74, 6) is 1.76. The molecule has 0 amide bonds. The number of aromatic nitrogens is 2. The van der Waals surface area contributed by atoms with E-state index >= 15 is 0 Å². The van der Waals surface area contributed by atoms with E-state index in [9.17, 15) is 0 Å². The molecule has 0 aromatic carbocycles. The summed E-state index contributed by atoms with van der Waals surface area (Å²) in [5, 5.41) is 10.9. The lowest BCUT2D eigenvalue weighted by Gasteiger charge is -2.15. The monoisotopic (exact) mass is 331 g/mol. The van der Waals surface area contributed by atoms with Gasteiger partial charge in [-0.1, -0.05) is 0 Å². The first kappa shape index (κ1) is 16.6. The van der Waals surface area contributed by atoms with Gasteiger partial charge in [-0.05, 0) is 31.0 Å². The van der Waals surface area contributed by atoms with Crippen LogP contribution in [0.5, 0.6) is 0 Å². The van der Waals surface area contributed by atoms with Gasteiger partial charge in [0.25, 0.3) is 0 Å². The third-order valence-corrected chi connectivity index (χ3v) is 4.09. The molecule has 7 nitrogen and oxygen atoms in total. The number of furan rings is 1. The van der Waals surface area contributed by atoms with E-state index in [2.05, 4.69) is 20.7 Å². The predicted octanol–water partition coefficient (Wildman–Crippen LogP) is 1.47. The van der Waals surface area contributed by atoms with E-state index in [0.717, 1.165) is 56.4 Å². The summed E-state index contributed by atoms with van der Waals surface area (Å²) in [5.41, 5.74) is 1.07. The maximum Gasteiger partial charge on any atom is 0.191 e. The zero-order chi connectivity index (χ0) is 16.6. The van der Waals surface area contributed by atoms with Gasteiger partial charge in [0.1, 0.15) is 5.76 Å². The summed E-state index contributed by atoms with van der Waals surface area (Å²) in [6.45, 7) is 2.98. The van der Waals surface area contributed by atoms with Crippen LogP contribution in [0.3, 0.4) is 0 Å². The Hall–Kier alpha value is -2.28. The van der Waals surface area contributed by atoms with E-state index in [0.29, 0.717) is 6.54 Å². The molecule has 24 heavy (non-hydrogen) atoms. The molecule has 1 aliphatic heterocycles. The Bertz CT molecular complexity index is 629. The van der Waals surface area contributed by atoms with Crippen LogP contribution in [0.4, 0.5) is 0 Å². The molecule has 0 radical (unpaired) electrons. The van der Waals surface area contributed by atoms with Crippen molar-refractivity contribution in [1.82, 2.24) is 20.4 Å². The molecular formula is C17H25N5O2. The smallest absolute Gasteiger partial charge is 0.191 e. The Morgan fingerprint density at radius 2 is 2.38 bits per heavy atom. The van der Waals surface area contributed by atoms with Crippen LogP contribution in [0.1, 0.15) is 24.3 Å². The van der Waals surface area contributed by atoms with Gasteiger partial charge >= 0.3 is 0 Å². The van der Waals surface area contributed by atoms with Gasteiger partial charge in [0.05, 0.1) is 24.6 Å². The third-order valence-electron chi connectivity index (χ3n) is 4.09. The van der Waals surface area contributed by atoms with Crippen molar-refractivity contribution in [2.45, 2.75) is 31.9 Å². The Balaban J connectivity index is 1.53. The quantitative estimate of drug-likeness (QED) is 0.593. The van der Waals surface area contributed by atoms with Gasteiger partial charge in [0.2, 0.25) is 0 Å². The van der Waals surface area contributed by atoms with Crippen molar-refractivity contribution in [2.24, 2.45) is 12.0 Å². The van der Waals surface area contributed by atoms with Gasteiger partial charge in [-0.15, -0.1) is 0 Å². The second kappa shape index (κ2) is 8.54. The van der Waals surface area contributed by atoms with Gasteiger partial charge in [-0.25, -0.2) is 4.99 Å². The summed E-state index contributed by atoms with van der Waals surface area (Å²) in [4.78, 5) is 4.65. The molecule has 0 aliphatic carbocycles. The lowest BCUT2D eigenvalue weighted by atomic mass is 10.2. The summed E-state index contributed by atoms with van der Waals surface area (Å²) in [6.07, 6.45) is 6.82. The van der Waals surface area contributed by atoms with Gasteiger partial charge < -0.3 is 19.8 Å². The van der Waals surface area contributed by atoms with Crippen LogP contribution in [0.15, 0.2) is 40.1 Å². The number of rotatable bonds is 7. The Morgan fingerprint density at radius 3 is 3.08 bits per heavy atom. The molecule has 1 unspecified atom stereocenters. The van der Waals surface area contributed by atoms with Gasteiger partial charge in [0.15, 0.2) is 5.96 Å². The average molecular weight is 331 g/mol. The van der Waals surface area contributed by atoms with Crippen LogP contribution in [0.25, 0.3) is 0 Å². The Labute approximate surface area is 142 Å². The zero-order valence-corrected chi connectivity index (χ0v) is 14.1. The summed E-state index contributed by atoms with van der Waals surface area (Å²) >= 11 is 0. The highest BCUT2D eigenvalue weighted by Gasteiger charge is 2.15. The molecule has 3 heterocycles. The van der Waals surface area contributed by atoms with Crippen molar-refractivity contribution in [2.75, 3.05) is 19.7 Å². The van der Waals surface area contributed by atoms with E-state index < -0.39 is 0 Å². The van der Waals surface area contributed by atoms with Gasteiger partial charge in [0, 0.05) is 39.4 Å². The fourth-order valence-electron chi connectivity index (χ4n) is 2.67. The highest BCUT2D eigenvalue weighted by atomic mass is 16.5. The standard InChI is InChI=1S/C17H25N5O2/c1-22-14(6-9-21-22)12-19-17(20-13-16-5-3-11-24-16)18-8-7-15-4-2-10-23-15/h2,4,6,9-10,16H,3,5,7-8,11-13H2,1H3,(H2,18,19,20). The van der Waals surface area contributed by atoms with Crippen LogP contribution in [-0.2, 0) is 24.8 Å². The third kappa shape index (κ3) is 4.86.